The van der Waals surface area contributed by atoms with E-state index in [4.69, 9.17) is 9.84 Å². The first kappa shape index (κ1) is 46.6. The van der Waals surface area contributed by atoms with Crippen LogP contribution in [-0.4, -0.2) is 81.9 Å². The van der Waals surface area contributed by atoms with Gasteiger partial charge < -0.3 is 30.7 Å². The number of aliphatic carboxylic acids is 1. The number of carbonyl (C=O) groups is 5. The van der Waals surface area contributed by atoms with E-state index in [2.05, 4.69) is 10.6 Å². The van der Waals surface area contributed by atoms with Crippen molar-refractivity contribution in [1.29, 1.82) is 0 Å². The van der Waals surface area contributed by atoms with Crippen molar-refractivity contribution >= 4 is 29.5 Å². The first-order valence-corrected chi connectivity index (χ1v) is 22.1. The zero-order valence-corrected chi connectivity index (χ0v) is 34.9. The standard InChI is InChI=1S/C45H71FN2O9/c1-32-28-36-35-23-22-33-29-34(49)24-25-42(33,2)44(35,46)37(50)30-43(36,3)45(32,56)38(51)31-57-41(55)48-27-19-15-11-6-4-8-12-16-20-39(52)47-26-18-14-10-7-5-9-13-17-21-40(53)54/h24-25,29,32,35-37,50,56H,4-23,26-28,30-31H2,1-3H3,(H,47,52)(H,48,55)(H,53,54). The van der Waals surface area contributed by atoms with Gasteiger partial charge in [0.15, 0.2) is 18.1 Å². The van der Waals surface area contributed by atoms with Gasteiger partial charge in [0.1, 0.15) is 5.60 Å². The number of amides is 2. The predicted molar refractivity (Wildman–Crippen MR) is 216 cm³/mol. The molecule has 3 saturated carbocycles. The average molecular weight is 803 g/mol. The Kier molecular flexibility index (Phi) is 17.3. The second-order valence-electron chi connectivity index (χ2n) is 18.0. The Morgan fingerprint density at radius 3 is 1.96 bits per heavy atom. The monoisotopic (exact) mass is 803 g/mol. The lowest BCUT2D eigenvalue weighted by molar-refractivity contribution is -0.219. The largest absolute Gasteiger partial charge is 0.481 e. The first-order chi connectivity index (χ1) is 27.1. The SMILES string of the molecule is CC1CC2C3CCC4=CC(=O)C=CC4(C)C3(F)C(O)CC2(C)C1(O)C(=O)COC(=O)NCCCCCCCCCCC(=O)NCCCCCCCCCCC(=O)O. The van der Waals surface area contributed by atoms with Crippen molar-refractivity contribution in [2.24, 2.45) is 28.6 Å². The highest BCUT2D eigenvalue weighted by atomic mass is 19.1. The number of allylic oxidation sites excluding steroid dienone is 4. The van der Waals surface area contributed by atoms with Crippen LogP contribution in [0.4, 0.5) is 9.18 Å². The molecule has 5 N–H and O–H groups in total. The van der Waals surface area contributed by atoms with Crippen LogP contribution in [0.3, 0.4) is 0 Å². The van der Waals surface area contributed by atoms with Crippen LogP contribution >= 0.6 is 0 Å². The molecule has 57 heavy (non-hydrogen) atoms. The van der Waals surface area contributed by atoms with Crippen LogP contribution in [0.25, 0.3) is 0 Å². The number of carboxylic acid groups (broad SMARTS) is 1. The van der Waals surface area contributed by atoms with Crippen molar-refractivity contribution in [3.63, 3.8) is 0 Å². The molecule has 3 fully saturated rings. The molecule has 8 atom stereocenters. The molecule has 0 aromatic carbocycles. The number of hydrogen-bond acceptors (Lipinski definition) is 8. The fourth-order valence-corrected chi connectivity index (χ4v) is 10.9. The Bertz CT molecular complexity index is 1470. The van der Waals surface area contributed by atoms with Gasteiger partial charge in [0.2, 0.25) is 11.7 Å². The van der Waals surface area contributed by atoms with E-state index in [1.807, 2.05) is 0 Å². The predicted octanol–water partition coefficient (Wildman–Crippen LogP) is 7.85. The van der Waals surface area contributed by atoms with E-state index in [9.17, 15) is 34.2 Å². The zero-order valence-electron chi connectivity index (χ0n) is 34.9. The molecule has 0 aliphatic heterocycles. The summed E-state index contributed by atoms with van der Waals surface area (Å²) < 4.78 is 22.7. The molecule has 0 heterocycles. The number of Topliss-reactive ketones (excluding diaryl/α,β-unsaturated/α-hetero) is 1. The molecule has 0 radical (unpaired) electrons. The minimum absolute atomic E-state index is 0.122. The highest BCUT2D eigenvalue weighted by Crippen LogP contribution is 2.70. The number of nitrogens with one attached hydrogen (secondary N) is 2. The summed E-state index contributed by atoms with van der Waals surface area (Å²) in [6.45, 7) is 5.78. The van der Waals surface area contributed by atoms with Crippen molar-refractivity contribution in [2.45, 2.75) is 179 Å². The highest BCUT2D eigenvalue weighted by molar-refractivity contribution is 6.01. The highest BCUT2D eigenvalue weighted by Gasteiger charge is 2.75. The third-order valence-corrected chi connectivity index (χ3v) is 14.2. The number of halogens is 1. The smallest absolute Gasteiger partial charge is 0.407 e. The lowest BCUT2D eigenvalue weighted by atomic mass is 9.44. The van der Waals surface area contributed by atoms with E-state index in [1.54, 1.807) is 26.8 Å². The van der Waals surface area contributed by atoms with Gasteiger partial charge in [-0.3, -0.25) is 19.2 Å². The van der Waals surface area contributed by atoms with E-state index in [-0.39, 0.29) is 24.5 Å². The van der Waals surface area contributed by atoms with Crippen LogP contribution in [0.1, 0.15) is 162 Å². The molecule has 0 aromatic heterocycles. The number of hydrogen-bond donors (Lipinski definition) is 5. The molecular weight excluding hydrogens is 731 g/mol. The molecule has 11 nitrogen and oxygen atoms in total. The van der Waals surface area contributed by atoms with E-state index in [1.165, 1.54) is 12.2 Å². The maximum Gasteiger partial charge on any atom is 0.407 e. The summed E-state index contributed by atoms with van der Waals surface area (Å²) in [5.41, 5.74) is -5.57. The maximum atomic E-state index is 17.4. The molecule has 12 heteroatoms. The van der Waals surface area contributed by atoms with Crippen LogP contribution in [0, 0.1) is 28.6 Å². The van der Waals surface area contributed by atoms with E-state index in [0.29, 0.717) is 37.8 Å². The molecule has 0 bridgehead atoms. The van der Waals surface area contributed by atoms with Crippen molar-refractivity contribution in [2.75, 3.05) is 19.7 Å². The van der Waals surface area contributed by atoms with Gasteiger partial charge in [-0.2, -0.15) is 0 Å². The van der Waals surface area contributed by atoms with Gasteiger partial charge in [-0.05, 0) is 82.3 Å². The fourth-order valence-electron chi connectivity index (χ4n) is 10.9. The zero-order chi connectivity index (χ0) is 41.7. The number of aliphatic hydroxyl groups excluding tert-OH is 1. The van der Waals surface area contributed by atoms with Gasteiger partial charge in [0.25, 0.3) is 0 Å². The fraction of sp³-hybridized carbons (Fsp3) is 0.800. The summed E-state index contributed by atoms with van der Waals surface area (Å²) in [6, 6.07) is 0. The number of carboxylic acids is 1. The minimum atomic E-state index is -2.06. The van der Waals surface area contributed by atoms with Gasteiger partial charge in [-0.15, -0.1) is 0 Å². The molecule has 0 saturated heterocycles. The second kappa shape index (κ2) is 21.2. The number of ether oxygens (including phenoxy) is 1. The van der Waals surface area contributed by atoms with Crippen LogP contribution in [0.2, 0.25) is 0 Å². The Morgan fingerprint density at radius 1 is 0.825 bits per heavy atom. The van der Waals surface area contributed by atoms with Crippen LogP contribution in [0.5, 0.6) is 0 Å². The molecule has 4 aliphatic carbocycles. The quantitative estimate of drug-likeness (QED) is 0.0575. The third kappa shape index (κ3) is 10.9. The Labute approximate surface area is 339 Å². The van der Waals surface area contributed by atoms with Crippen LogP contribution < -0.4 is 10.6 Å². The summed E-state index contributed by atoms with van der Waals surface area (Å²) >= 11 is 0. The Balaban J connectivity index is 1.03. The molecule has 322 valence electrons. The number of aliphatic hydroxyl groups is 2. The van der Waals surface area contributed by atoms with Crippen LogP contribution in [0.15, 0.2) is 23.8 Å². The topological polar surface area (TPSA) is 179 Å². The Hall–Kier alpha value is -3.12. The van der Waals surface area contributed by atoms with Crippen molar-refractivity contribution < 1.29 is 48.4 Å². The molecule has 2 amide bonds. The lowest BCUT2D eigenvalue weighted by Crippen LogP contribution is -2.69. The molecule has 4 aliphatic rings. The molecule has 8 unspecified atom stereocenters. The van der Waals surface area contributed by atoms with Gasteiger partial charge in [-0.25, -0.2) is 9.18 Å². The van der Waals surface area contributed by atoms with E-state index in [0.717, 1.165) is 109 Å². The first-order valence-electron chi connectivity index (χ1n) is 22.1. The van der Waals surface area contributed by atoms with Crippen molar-refractivity contribution in [1.82, 2.24) is 10.6 Å². The molecule has 0 spiro atoms. The van der Waals surface area contributed by atoms with Gasteiger partial charge in [-0.1, -0.05) is 103 Å². The van der Waals surface area contributed by atoms with E-state index >= 15 is 4.39 Å². The summed E-state index contributed by atoms with van der Waals surface area (Å²) in [5, 5.41) is 38.0. The summed E-state index contributed by atoms with van der Waals surface area (Å²) in [6.07, 6.45) is 20.5. The Morgan fingerprint density at radius 2 is 1.37 bits per heavy atom. The average Bonchev–Trinajstić information content (AvgIpc) is 3.36. The third-order valence-electron chi connectivity index (χ3n) is 14.2. The second-order valence-corrected chi connectivity index (χ2v) is 18.0. The molecule has 4 rings (SSSR count). The maximum absolute atomic E-state index is 17.4. The summed E-state index contributed by atoms with van der Waals surface area (Å²) in [4.78, 5) is 60.9. The van der Waals surface area contributed by atoms with Gasteiger partial charge in [0, 0.05) is 42.7 Å². The molecular formula is C45H71FN2O9. The van der Waals surface area contributed by atoms with Crippen molar-refractivity contribution in [3.05, 3.63) is 23.8 Å². The lowest BCUT2D eigenvalue weighted by Gasteiger charge is -2.62. The number of carbonyl (C=O) groups excluding carboxylic acids is 4. The van der Waals surface area contributed by atoms with Gasteiger partial charge in [0.05, 0.1) is 6.10 Å². The van der Waals surface area contributed by atoms with Gasteiger partial charge >= 0.3 is 12.1 Å². The van der Waals surface area contributed by atoms with E-state index < -0.39 is 70.4 Å². The number of alkyl halides is 1. The number of rotatable bonds is 25. The molecule has 0 aromatic rings. The summed E-state index contributed by atoms with van der Waals surface area (Å²) in [7, 11) is 0. The number of ketones is 2. The van der Waals surface area contributed by atoms with Crippen molar-refractivity contribution in [3.8, 4) is 0 Å². The normalized spacial score (nSPS) is 31.5. The minimum Gasteiger partial charge on any atom is -0.481 e. The van der Waals surface area contributed by atoms with Crippen LogP contribution in [-0.2, 0) is 23.9 Å². The number of alkyl carbamates (subject to hydrolysis) is 1. The summed E-state index contributed by atoms with van der Waals surface area (Å²) in [5.74, 6) is -2.98. The number of unbranched alkanes of at least 4 members (excludes halogenated alkanes) is 14. The number of fused-ring (bicyclic) bond motifs is 5.